The van der Waals surface area contributed by atoms with Gasteiger partial charge >= 0.3 is 5.97 Å². The fraction of sp³-hybridized carbons (Fsp3) is 0.571. The van der Waals surface area contributed by atoms with E-state index in [1.54, 1.807) is 24.3 Å². The average Bonchev–Trinajstić information content (AvgIpc) is 2.67. The second-order valence-corrected chi connectivity index (χ2v) is 7.23. The van der Waals surface area contributed by atoms with E-state index in [4.69, 9.17) is 5.11 Å². The van der Waals surface area contributed by atoms with Crippen LogP contribution in [0.4, 0.5) is 0 Å². The van der Waals surface area contributed by atoms with Crippen LogP contribution in [0.1, 0.15) is 73.1 Å². The Labute approximate surface area is 160 Å². The number of carboxylic acid groups (broad SMARTS) is 1. The van der Waals surface area contributed by atoms with Crippen LogP contribution in [0, 0.1) is 5.92 Å². The maximum Gasteiger partial charge on any atom is 0.306 e. The molecular formula is C21H30N2O4. The Bertz CT molecular complexity index is 660. The fourth-order valence-electron chi connectivity index (χ4n) is 3.58. The summed E-state index contributed by atoms with van der Waals surface area (Å²) in [5.41, 5.74) is 0.994. The number of hydrogen-bond donors (Lipinski definition) is 2. The molecule has 0 unspecified atom stereocenters. The van der Waals surface area contributed by atoms with Gasteiger partial charge in [0.1, 0.15) is 0 Å². The number of carbonyl (C=O) groups is 3. The molecule has 0 spiro atoms. The van der Waals surface area contributed by atoms with Crippen LogP contribution in [0.2, 0.25) is 0 Å². The summed E-state index contributed by atoms with van der Waals surface area (Å²) < 4.78 is 0. The van der Waals surface area contributed by atoms with Crippen LogP contribution < -0.4 is 5.32 Å². The van der Waals surface area contributed by atoms with E-state index in [-0.39, 0.29) is 23.8 Å². The maximum absolute atomic E-state index is 12.7. The van der Waals surface area contributed by atoms with Crippen LogP contribution in [0.3, 0.4) is 0 Å². The Hall–Kier alpha value is -2.37. The molecule has 2 amide bonds. The van der Waals surface area contributed by atoms with Gasteiger partial charge in [0, 0.05) is 30.3 Å². The number of nitrogens with one attached hydrogen (secondary N) is 1. The highest BCUT2D eigenvalue weighted by atomic mass is 16.4. The zero-order valence-electron chi connectivity index (χ0n) is 16.2. The van der Waals surface area contributed by atoms with Crippen LogP contribution in [0.25, 0.3) is 0 Å². The molecule has 2 rings (SSSR count). The highest BCUT2D eigenvalue weighted by Crippen LogP contribution is 2.24. The number of amides is 2. The predicted molar refractivity (Wildman–Crippen MR) is 104 cm³/mol. The second kappa shape index (κ2) is 10.1. The highest BCUT2D eigenvalue weighted by Gasteiger charge is 2.27. The van der Waals surface area contributed by atoms with Gasteiger partial charge in [-0.3, -0.25) is 14.4 Å². The molecule has 0 bridgehead atoms. The third kappa shape index (κ3) is 5.81. The molecular weight excluding hydrogens is 344 g/mol. The molecule has 0 aliphatic heterocycles. The van der Waals surface area contributed by atoms with Crippen LogP contribution in [-0.2, 0) is 4.79 Å². The van der Waals surface area contributed by atoms with Gasteiger partial charge in [0.15, 0.2) is 0 Å². The van der Waals surface area contributed by atoms with Crippen molar-refractivity contribution in [1.82, 2.24) is 10.2 Å². The molecule has 1 aromatic carbocycles. The minimum absolute atomic E-state index is 0.0101. The van der Waals surface area contributed by atoms with Gasteiger partial charge in [0.05, 0.1) is 5.92 Å². The molecule has 6 nitrogen and oxygen atoms in total. The molecule has 2 N–H and O–H groups in total. The molecule has 0 aromatic heterocycles. The lowest BCUT2D eigenvalue weighted by Gasteiger charge is -2.27. The van der Waals surface area contributed by atoms with Crippen LogP contribution >= 0.6 is 0 Å². The summed E-state index contributed by atoms with van der Waals surface area (Å²) in [6, 6.07) is 6.83. The van der Waals surface area contributed by atoms with E-state index in [1.807, 2.05) is 18.7 Å². The van der Waals surface area contributed by atoms with Crippen molar-refractivity contribution in [2.75, 3.05) is 13.1 Å². The summed E-state index contributed by atoms with van der Waals surface area (Å²) in [7, 11) is 0. The zero-order valence-corrected chi connectivity index (χ0v) is 16.2. The molecule has 1 aliphatic carbocycles. The van der Waals surface area contributed by atoms with Gasteiger partial charge in [-0.1, -0.05) is 19.9 Å². The van der Waals surface area contributed by atoms with Gasteiger partial charge < -0.3 is 15.3 Å². The van der Waals surface area contributed by atoms with E-state index in [0.717, 1.165) is 12.8 Å². The van der Waals surface area contributed by atoms with Gasteiger partial charge in [0.25, 0.3) is 11.8 Å². The first-order chi connectivity index (χ1) is 13.0. The first-order valence-electron chi connectivity index (χ1n) is 9.89. The molecule has 1 aliphatic rings. The number of aliphatic carboxylic acids is 1. The quantitative estimate of drug-likeness (QED) is 0.731. The average molecular weight is 374 g/mol. The normalized spacial score (nSPS) is 19.3. The Morgan fingerprint density at radius 3 is 2.19 bits per heavy atom. The lowest BCUT2D eigenvalue weighted by atomic mass is 9.86. The van der Waals surface area contributed by atoms with E-state index in [9.17, 15) is 14.4 Å². The Kier molecular flexibility index (Phi) is 7.82. The van der Waals surface area contributed by atoms with Crippen molar-refractivity contribution in [3.8, 4) is 0 Å². The van der Waals surface area contributed by atoms with Crippen molar-refractivity contribution in [3.05, 3.63) is 35.4 Å². The molecule has 1 aromatic rings. The second-order valence-electron chi connectivity index (χ2n) is 7.23. The largest absolute Gasteiger partial charge is 0.481 e. The Balaban J connectivity index is 2.00. The van der Waals surface area contributed by atoms with Gasteiger partial charge in [-0.2, -0.15) is 0 Å². The number of carboxylic acids is 1. The molecule has 0 heterocycles. The SMILES string of the molecule is CCCN(CCC)C(=O)c1cccc(C(=O)NC2CCC(C(=O)O)CC2)c1. The minimum Gasteiger partial charge on any atom is -0.481 e. The van der Waals surface area contributed by atoms with Crippen molar-refractivity contribution >= 4 is 17.8 Å². The van der Waals surface area contributed by atoms with Crippen molar-refractivity contribution in [2.24, 2.45) is 5.92 Å². The van der Waals surface area contributed by atoms with E-state index in [2.05, 4.69) is 5.32 Å². The summed E-state index contributed by atoms with van der Waals surface area (Å²) in [5, 5.41) is 12.0. The number of rotatable bonds is 8. The standard InChI is InChI=1S/C21H30N2O4/c1-3-12-23(13-4-2)20(25)17-7-5-6-16(14-17)19(24)22-18-10-8-15(9-11-18)21(26)27/h5-7,14-15,18H,3-4,8-13H2,1-2H3,(H,22,24)(H,26,27). The number of nitrogens with zero attached hydrogens (tertiary/aromatic N) is 1. The molecule has 0 saturated heterocycles. The van der Waals surface area contributed by atoms with Crippen molar-refractivity contribution < 1.29 is 19.5 Å². The first-order valence-corrected chi connectivity index (χ1v) is 9.89. The molecule has 0 atom stereocenters. The monoisotopic (exact) mass is 374 g/mol. The third-order valence-electron chi connectivity index (χ3n) is 5.06. The van der Waals surface area contributed by atoms with E-state index >= 15 is 0 Å². The highest BCUT2D eigenvalue weighted by molar-refractivity contribution is 5.99. The Morgan fingerprint density at radius 2 is 1.63 bits per heavy atom. The van der Waals surface area contributed by atoms with Crippen LogP contribution in [0.15, 0.2) is 24.3 Å². The number of hydrogen-bond acceptors (Lipinski definition) is 3. The number of benzene rings is 1. The fourth-order valence-corrected chi connectivity index (χ4v) is 3.58. The minimum atomic E-state index is -0.755. The zero-order chi connectivity index (χ0) is 19.8. The molecule has 1 saturated carbocycles. The summed E-state index contributed by atoms with van der Waals surface area (Å²) >= 11 is 0. The lowest BCUT2D eigenvalue weighted by molar-refractivity contribution is -0.142. The van der Waals surface area contributed by atoms with E-state index in [1.165, 1.54) is 0 Å². The topological polar surface area (TPSA) is 86.7 Å². The maximum atomic E-state index is 12.7. The summed E-state index contributed by atoms with van der Waals surface area (Å²) in [5.74, 6) is -1.31. The van der Waals surface area contributed by atoms with Crippen LogP contribution in [0.5, 0.6) is 0 Å². The predicted octanol–water partition coefficient (Wildman–Crippen LogP) is 3.32. The Morgan fingerprint density at radius 1 is 1.04 bits per heavy atom. The van der Waals surface area contributed by atoms with Gasteiger partial charge in [-0.05, 0) is 56.7 Å². The van der Waals surface area contributed by atoms with Crippen molar-refractivity contribution in [2.45, 2.75) is 58.4 Å². The smallest absolute Gasteiger partial charge is 0.306 e. The summed E-state index contributed by atoms with van der Waals surface area (Å²) in [6.45, 7) is 5.49. The summed E-state index contributed by atoms with van der Waals surface area (Å²) in [4.78, 5) is 38.2. The number of carbonyl (C=O) groups excluding carboxylic acids is 2. The van der Waals surface area contributed by atoms with Gasteiger partial charge in [0.2, 0.25) is 0 Å². The first kappa shape index (κ1) is 20.9. The third-order valence-corrected chi connectivity index (χ3v) is 5.06. The molecule has 0 radical (unpaired) electrons. The van der Waals surface area contributed by atoms with E-state index < -0.39 is 5.97 Å². The van der Waals surface area contributed by atoms with E-state index in [0.29, 0.717) is 49.9 Å². The van der Waals surface area contributed by atoms with Gasteiger partial charge in [-0.15, -0.1) is 0 Å². The lowest BCUT2D eigenvalue weighted by Crippen LogP contribution is -2.39. The molecule has 148 valence electrons. The van der Waals surface area contributed by atoms with Crippen molar-refractivity contribution in [1.29, 1.82) is 0 Å². The van der Waals surface area contributed by atoms with Crippen molar-refractivity contribution in [3.63, 3.8) is 0 Å². The molecule has 27 heavy (non-hydrogen) atoms. The molecule has 6 heteroatoms. The van der Waals surface area contributed by atoms with Gasteiger partial charge in [-0.25, -0.2) is 0 Å². The molecule has 1 fully saturated rings. The summed E-state index contributed by atoms with van der Waals surface area (Å²) in [6.07, 6.45) is 4.30. The van der Waals surface area contributed by atoms with Crippen LogP contribution in [-0.4, -0.2) is 46.9 Å².